The van der Waals surface area contributed by atoms with Crippen LogP contribution < -0.4 is 23.8 Å². The highest BCUT2D eigenvalue weighted by Crippen LogP contribution is 2.38. The maximum atomic E-state index is 12.5. The average Bonchev–Trinajstić information content (AvgIpc) is 2.75. The standard InChI is InChI=1S/C20H26N2O6S/c1-6-29(24,25)22(2)16-9-7-15(8-10-16)20(23)21-13-14-11-17(26-3)19(28-5)18(12-14)27-4/h7-12H,6,13H2,1-5H3,(H,21,23). The summed E-state index contributed by atoms with van der Waals surface area (Å²) < 4.78 is 41.0. The van der Waals surface area contributed by atoms with Crippen LogP contribution in [0.25, 0.3) is 0 Å². The molecule has 0 aromatic heterocycles. The van der Waals surface area contributed by atoms with E-state index in [1.54, 1.807) is 43.3 Å². The number of nitrogens with one attached hydrogen (secondary N) is 1. The predicted octanol–water partition coefficient (Wildman–Crippen LogP) is 2.43. The first-order valence-corrected chi connectivity index (χ1v) is 10.5. The number of ether oxygens (including phenoxy) is 3. The minimum absolute atomic E-state index is 0.000519. The quantitative estimate of drug-likeness (QED) is 0.667. The Kier molecular flexibility index (Phi) is 7.33. The maximum Gasteiger partial charge on any atom is 0.251 e. The van der Waals surface area contributed by atoms with Crippen molar-refractivity contribution in [2.24, 2.45) is 0 Å². The topological polar surface area (TPSA) is 94.2 Å². The Labute approximate surface area is 171 Å². The van der Waals surface area contributed by atoms with Gasteiger partial charge in [0.1, 0.15) is 0 Å². The van der Waals surface area contributed by atoms with E-state index in [1.807, 2.05) is 0 Å². The largest absolute Gasteiger partial charge is 0.493 e. The molecule has 8 nitrogen and oxygen atoms in total. The summed E-state index contributed by atoms with van der Waals surface area (Å²) >= 11 is 0. The van der Waals surface area contributed by atoms with Crippen molar-refractivity contribution in [3.05, 3.63) is 47.5 Å². The first-order chi connectivity index (χ1) is 13.8. The van der Waals surface area contributed by atoms with Crippen LogP contribution in [-0.2, 0) is 16.6 Å². The van der Waals surface area contributed by atoms with Gasteiger partial charge in [-0.15, -0.1) is 0 Å². The number of anilines is 1. The highest BCUT2D eigenvalue weighted by atomic mass is 32.2. The van der Waals surface area contributed by atoms with E-state index in [0.29, 0.717) is 28.5 Å². The summed E-state index contributed by atoms with van der Waals surface area (Å²) in [6, 6.07) is 9.89. The highest BCUT2D eigenvalue weighted by molar-refractivity contribution is 7.92. The van der Waals surface area contributed by atoms with Gasteiger partial charge in [-0.1, -0.05) is 0 Å². The smallest absolute Gasteiger partial charge is 0.251 e. The summed E-state index contributed by atoms with van der Waals surface area (Å²) in [5, 5.41) is 2.82. The lowest BCUT2D eigenvalue weighted by Crippen LogP contribution is -2.28. The molecule has 0 heterocycles. The number of nitrogens with zero attached hydrogens (tertiary/aromatic N) is 1. The fraction of sp³-hybridized carbons (Fsp3) is 0.350. The van der Waals surface area contributed by atoms with Gasteiger partial charge in [-0.3, -0.25) is 9.10 Å². The summed E-state index contributed by atoms with van der Waals surface area (Å²) in [5.74, 6) is 1.19. The van der Waals surface area contributed by atoms with Crippen molar-refractivity contribution >= 4 is 21.6 Å². The second-order valence-corrected chi connectivity index (χ2v) is 8.42. The van der Waals surface area contributed by atoms with Crippen LogP contribution in [-0.4, -0.2) is 48.5 Å². The van der Waals surface area contributed by atoms with Crippen molar-refractivity contribution in [1.82, 2.24) is 5.32 Å². The summed E-state index contributed by atoms with van der Waals surface area (Å²) in [6.07, 6.45) is 0. The van der Waals surface area contributed by atoms with Crippen LogP contribution in [0.1, 0.15) is 22.8 Å². The van der Waals surface area contributed by atoms with E-state index in [1.165, 1.54) is 32.7 Å². The van der Waals surface area contributed by atoms with Gasteiger partial charge in [0.15, 0.2) is 11.5 Å². The van der Waals surface area contributed by atoms with E-state index in [-0.39, 0.29) is 18.2 Å². The Morgan fingerprint density at radius 3 is 2.00 bits per heavy atom. The third-order valence-corrected chi connectivity index (χ3v) is 6.23. The number of methoxy groups -OCH3 is 3. The number of rotatable bonds is 9. The van der Waals surface area contributed by atoms with Gasteiger partial charge in [0, 0.05) is 19.2 Å². The number of carbonyl (C=O) groups excluding carboxylic acids is 1. The van der Waals surface area contributed by atoms with E-state index >= 15 is 0 Å². The van der Waals surface area contributed by atoms with Crippen molar-refractivity contribution in [3.8, 4) is 17.2 Å². The van der Waals surface area contributed by atoms with Crippen molar-refractivity contribution in [1.29, 1.82) is 0 Å². The minimum Gasteiger partial charge on any atom is -0.493 e. The number of amides is 1. The van der Waals surface area contributed by atoms with Crippen molar-refractivity contribution in [2.75, 3.05) is 38.4 Å². The SMILES string of the molecule is CCS(=O)(=O)N(C)c1ccc(C(=O)NCc2cc(OC)c(OC)c(OC)c2)cc1. The fourth-order valence-electron chi connectivity index (χ4n) is 2.70. The monoisotopic (exact) mass is 422 g/mol. The normalized spacial score (nSPS) is 10.9. The van der Waals surface area contributed by atoms with Gasteiger partial charge in [0.2, 0.25) is 15.8 Å². The van der Waals surface area contributed by atoms with Gasteiger partial charge in [0.25, 0.3) is 5.91 Å². The predicted molar refractivity (Wildman–Crippen MR) is 112 cm³/mol. The molecule has 0 spiro atoms. The molecule has 158 valence electrons. The molecule has 2 rings (SSSR count). The van der Waals surface area contributed by atoms with Crippen LogP contribution in [0.15, 0.2) is 36.4 Å². The first-order valence-electron chi connectivity index (χ1n) is 8.91. The molecule has 0 saturated carbocycles. The number of hydrogen-bond donors (Lipinski definition) is 1. The number of carbonyl (C=O) groups is 1. The lowest BCUT2D eigenvalue weighted by Gasteiger charge is -2.18. The number of sulfonamides is 1. The Balaban J connectivity index is 2.12. The van der Waals surface area contributed by atoms with E-state index < -0.39 is 10.0 Å². The Morgan fingerprint density at radius 1 is 1.00 bits per heavy atom. The highest BCUT2D eigenvalue weighted by Gasteiger charge is 2.17. The van der Waals surface area contributed by atoms with Crippen LogP contribution in [0.2, 0.25) is 0 Å². The second-order valence-electron chi connectivity index (χ2n) is 6.13. The molecule has 29 heavy (non-hydrogen) atoms. The van der Waals surface area contributed by atoms with Crippen LogP contribution in [0.5, 0.6) is 17.2 Å². The third-order valence-electron chi connectivity index (χ3n) is 4.45. The van der Waals surface area contributed by atoms with E-state index in [0.717, 1.165) is 5.56 Å². The lowest BCUT2D eigenvalue weighted by molar-refractivity contribution is 0.0951. The van der Waals surface area contributed by atoms with Crippen LogP contribution >= 0.6 is 0 Å². The van der Waals surface area contributed by atoms with E-state index in [9.17, 15) is 13.2 Å². The van der Waals surface area contributed by atoms with Gasteiger partial charge in [-0.05, 0) is 48.9 Å². The molecule has 0 aliphatic carbocycles. The number of benzene rings is 2. The molecular formula is C20H26N2O6S. The zero-order valence-corrected chi connectivity index (χ0v) is 18.0. The molecule has 0 bridgehead atoms. The Morgan fingerprint density at radius 2 is 1.55 bits per heavy atom. The molecule has 2 aromatic rings. The molecule has 0 saturated heterocycles. The van der Waals surface area contributed by atoms with Crippen molar-refractivity contribution in [3.63, 3.8) is 0 Å². The summed E-state index contributed by atoms with van der Waals surface area (Å²) in [4.78, 5) is 12.5. The molecule has 0 fully saturated rings. The van der Waals surface area contributed by atoms with E-state index in [4.69, 9.17) is 14.2 Å². The van der Waals surface area contributed by atoms with Gasteiger partial charge < -0.3 is 19.5 Å². The molecule has 0 unspecified atom stereocenters. The zero-order valence-electron chi connectivity index (χ0n) is 17.2. The molecule has 0 aliphatic heterocycles. The fourth-order valence-corrected chi connectivity index (χ4v) is 3.53. The molecule has 1 amide bonds. The molecule has 2 aromatic carbocycles. The second kappa shape index (κ2) is 9.51. The third kappa shape index (κ3) is 5.11. The Bertz CT molecular complexity index is 932. The molecular weight excluding hydrogens is 396 g/mol. The summed E-state index contributed by atoms with van der Waals surface area (Å²) in [5.41, 5.74) is 1.69. The Hall–Kier alpha value is -2.94. The maximum absolute atomic E-state index is 12.5. The minimum atomic E-state index is -3.35. The van der Waals surface area contributed by atoms with Crippen LogP contribution in [0.3, 0.4) is 0 Å². The van der Waals surface area contributed by atoms with Gasteiger partial charge >= 0.3 is 0 Å². The zero-order chi connectivity index (χ0) is 21.6. The summed E-state index contributed by atoms with van der Waals surface area (Å²) in [7, 11) is 2.71. The molecule has 0 atom stereocenters. The molecule has 1 N–H and O–H groups in total. The van der Waals surface area contributed by atoms with Gasteiger partial charge in [0.05, 0.1) is 32.8 Å². The lowest BCUT2D eigenvalue weighted by atomic mass is 10.1. The molecule has 0 aliphatic rings. The van der Waals surface area contributed by atoms with Gasteiger partial charge in [-0.25, -0.2) is 8.42 Å². The van der Waals surface area contributed by atoms with Crippen LogP contribution in [0, 0.1) is 0 Å². The first kappa shape index (κ1) is 22.4. The van der Waals surface area contributed by atoms with Crippen molar-refractivity contribution in [2.45, 2.75) is 13.5 Å². The van der Waals surface area contributed by atoms with Crippen molar-refractivity contribution < 1.29 is 27.4 Å². The number of hydrogen-bond acceptors (Lipinski definition) is 6. The summed E-state index contributed by atoms with van der Waals surface area (Å²) in [6.45, 7) is 1.83. The van der Waals surface area contributed by atoms with Gasteiger partial charge in [-0.2, -0.15) is 0 Å². The van der Waals surface area contributed by atoms with E-state index in [2.05, 4.69) is 5.32 Å². The van der Waals surface area contributed by atoms with Crippen LogP contribution in [0.4, 0.5) is 5.69 Å². The average molecular weight is 423 g/mol. The molecule has 9 heteroatoms. The molecule has 0 radical (unpaired) electrons.